The quantitative estimate of drug-likeness (QED) is 0.152. The summed E-state index contributed by atoms with van der Waals surface area (Å²) in [6, 6.07) is -3.79. The van der Waals surface area contributed by atoms with Gasteiger partial charge in [-0.15, -0.1) is 6.58 Å². The molecule has 266 valence electrons. The van der Waals surface area contributed by atoms with Gasteiger partial charge in [-0.25, -0.2) is 13.2 Å². The number of nitrogens with zero attached hydrogens (tertiary/aromatic N) is 2. The largest absolute Gasteiger partial charge is 0.346 e. The van der Waals surface area contributed by atoms with E-state index in [0.717, 1.165) is 38.5 Å². The Morgan fingerprint density at radius 2 is 1.64 bits per heavy atom. The predicted molar refractivity (Wildman–Crippen MR) is 180 cm³/mol. The van der Waals surface area contributed by atoms with Crippen molar-refractivity contribution in [3.8, 4) is 0 Å². The summed E-state index contributed by atoms with van der Waals surface area (Å²) < 4.78 is 26.5. The van der Waals surface area contributed by atoms with E-state index in [0.29, 0.717) is 45.2 Å². The Balaban J connectivity index is 1.77. The molecule has 47 heavy (non-hydrogen) atoms. The number of Topliss-reactive ketones (excluding diaryl/α,β-unsaturated/α-hetero) is 1. The smallest absolute Gasteiger partial charge is 0.315 e. The first kappa shape index (κ1) is 38.4. The first-order chi connectivity index (χ1) is 22.2. The Hall–Kier alpha value is -3.00. The van der Waals surface area contributed by atoms with Crippen LogP contribution in [0.15, 0.2) is 12.7 Å². The van der Waals surface area contributed by atoms with E-state index < -0.39 is 63.2 Å². The first-order valence-electron chi connectivity index (χ1n) is 17.3. The number of likely N-dealkylation sites (tertiary alicyclic amines) is 1. The summed E-state index contributed by atoms with van der Waals surface area (Å²) in [4.78, 5) is 68.3. The van der Waals surface area contributed by atoms with Gasteiger partial charge >= 0.3 is 6.03 Å². The Morgan fingerprint density at radius 1 is 0.936 bits per heavy atom. The van der Waals surface area contributed by atoms with Gasteiger partial charge in [0.25, 0.3) is 5.91 Å². The van der Waals surface area contributed by atoms with Crippen molar-refractivity contribution in [1.82, 2.24) is 30.5 Å². The SMILES string of the molecule is C=CCNC(=O)C(=O)C(CCCC)NC(=O)[C@@H]1CCCN1C(=O)[C@@H](NC(=O)N[C@H](CN1CCCS1(=O)=O)C(C)(C)C)C1CCCCC1. The first-order valence-corrected chi connectivity index (χ1v) is 18.9. The lowest BCUT2D eigenvalue weighted by Crippen LogP contribution is -2.60. The third kappa shape index (κ3) is 10.8. The van der Waals surface area contributed by atoms with Crippen molar-refractivity contribution in [3.05, 3.63) is 12.7 Å². The molecule has 4 N–H and O–H groups in total. The molecule has 1 saturated carbocycles. The third-order valence-electron chi connectivity index (χ3n) is 9.56. The van der Waals surface area contributed by atoms with Gasteiger partial charge in [-0.1, -0.05) is 65.9 Å². The van der Waals surface area contributed by atoms with Gasteiger partial charge < -0.3 is 26.2 Å². The average molecular weight is 681 g/mol. The lowest BCUT2D eigenvalue weighted by atomic mass is 9.83. The fourth-order valence-electron chi connectivity index (χ4n) is 6.66. The summed E-state index contributed by atoms with van der Waals surface area (Å²) in [5.41, 5.74) is -0.466. The zero-order valence-electron chi connectivity index (χ0n) is 28.6. The number of amides is 5. The lowest BCUT2D eigenvalue weighted by Gasteiger charge is -2.37. The second-order valence-corrected chi connectivity index (χ2v) is 16.3. The molecule has 0 aromatic carbocycles. The van der Waals surface area contributed by atoms with Crippen LogP contribution >= 0.6 is 0 Å². The van der Waals surface area contributed by atoms with E-state index in [-0.39, 0.29) is 30.7 Å². The van der Waals surface area contributed by atoms with Crippen LogP contribution in [0.1, 0.15) is 98.3 Å². The number of urea groups is 1. The molecule has 1 aliphatic carbocycles. The van der Waals surface area contributed by atoms with E-state index in [1.807, 2.05) is 27.7 Å². The Labute approximate surface area is 280 Å². The van der Waals surface area contributed by atoms with Crippen LogP contribution in [0.2, 0.25) is 0 Å². The predicted octanol–water partition coefficient (Wildman–Crippen LogP) is 2.22. The Bertz CT molecular complexity index is 1240. The molecule has 3 aliphatic rings. The number of hydrogen-bond donors (Lipinski definition) is 4. The summed E-state index contributed by atoms with van der Waals surface area (Å²) in [5, 5.41) is 11.1. The fourth-order valence-corrected chi connectivity index (χ4v) is 8.20. The maximum absolute atomic E-state index is 14.2. The maximum atomic E-state index is 14.2. The van der Waals surface area contributed by atoms with Gasteiger partial charge in [0, 0.05) is 32.2 Å². The number of carbonyl (C=O) groups excluding carboxylic acids is 5. The molecule has 14 heteroatoms. The van der Waals surface area contributed by atoms with Crippen LogP contribution in [0.3, 0.4) is 0 Å². The second kappa shape index (κ2) is 17.4. The van der Waals surface area contributed by atoms with Crippen LogP contribution in [-0.2, 0) is 29.2 Å². The van der Waals surface area contributed by atoms with Gasteiger partial charge in [0.05, 0.1) is 11.8 Å². The number of sulfonamides is 1. The van der Waals surface area contributed by atoms with E-state index >= 15 is 0 Å². The molecule has 13 nitrogen and oxygen atoms in total. The van der Waals surface area contributed by atoms with Gasteiger partial charge in [-0.3, -0.25) is 19.2 Å². The minimum atomic E-state index is -3.37. The topological polar surface area (TPSA) is 174 Å². The van der Waals surface area contributed by atoms with Crippen molar-refractivity contribution in [2.24, 2.45) is 11.3 Å². The molecule has 3 fully saturated rings. The number of ketones is 1. The number of unbranched alkanes of at least 4 members (excludes halogenated alkanes) is 1. The van der Waals surface area contributed by atoms with Crippen molar-refractivity contribution in [2.75, 3.05) is 31.9 Å². The highest BCUT2D eigenvalue weighted by Gasteiger charge is 2.42. The van der Waals surface area contributed by atoms with Crippen molar-refractivity contribution in [3.63, 3.8) is 0 Å². The number of rotatable bonds is 15. The standard InChI is InChI=1S/C33H56N6O7S/c1-6-8-16-24(28(40)30(42)34-18-7-2)35-29(41)25-17-12-20-39(25)31(43)27(23-14-10-9-11-15-23)37-32(44)36-26(33(3,4)5)22-38-19-13-21-47(38,45)46/h7,23-27H,2,6,8-22H2,1,3-5H3,(H,34,42)(H,35,41)(H2,36,37,44)/t24?,25-,26+,27-/m0/s1. The molecule has 0 spiro atoms. The molecule has 0 aromatic heterocycles. The molecule has 2 heterocycles. The molecule has 0 bridgehead atoms. The third-order valence-corrected chi connectivity index (χ3v) is 11.5. The van der Waals surface area contributed by atoms with E-state index in [4.69, 9.17) is 0 Å². The normalized spacial score (nSPS) is 22.1. The van der Waals surface area contributed by atoms with Crippen molar-refractivity contribution in [2.45, 2.75) is 122 Å². The summed E-state index contributed by atoms with van der Waals surface area (Å²) in [6.07, 6.45) is 9.08. The van der Waals surface area contributed by atoms with Crippen LogP contribution < -0.4 is 21.3 Å². The molecule has 2 saturated heterocycles. The highest BCUT2D eigenvalue weighted by Crippen LogP contribution is 2.30. The van der Waals surface area contributed by atoms with Gasteiger partial charge in [0.15, 0.2) is 0 Å². The number of nitrogens with one attached hydrogen (secondary N) is 4. The summed E-state index contributed by atoms with van der Waals surface area (Å²) >= 11 is 0. The molecule has 5 amide bonds. The molecule has 4 atom stereocenters. The van der Waals surface area contributed by atoms with E-state index in [2.05, 4.69) is 27.8 Å². The lowest BCUT2D eigenvalue weighted by molar-refractivity contribution is -0.143. The molecule has 0 radical (unpaired) electrons. The van der Waals surface area contributed by atoms with Gasteiger partial charge in [-0.2, -0.15) is 4.31 Å². The molecular formula is C33H56N6O7S. The van der Waals surface area contributed by atoms with Crippen LogP contribution in [0.4, 0.5) is 4.79 Å². The van der Waals surface area contributed by atoms with Gasteiger partial charge in [-0.05, 0) is 49.9 Å². The van der Waals surface area contributed by atoms with Crippen LogP contribution in [0.5, 0.6) is 0 Å². The zero-order chi connectivity index (χ0) is 34.8. The Morgan fingerprint density at radius 3 is 2.23 bits per heavy atom. The van der Waals surface area contributed by atoms with E-state index in [1.54, 1.807) is 0 Å². The minimum Gasteiger partial charge on any atom is -0.346 e. The summed E-state index contributed by atoms with van der Waals surface area (Å²) in [5.74, 6) is -2.40. The van der Waals surface area contributed by atoms with E-state index in [9.17, 15) is 32.4 Å². The van der Waals surface area contributed by atoms with Crippen LogP contribution in [-0.4, -0.2) is 103 Å². The van der Waals surface area contributed by atoms with Crippen molar-refractivity contribution in [1.29, 1.82) is 0 Å². The maximum Gasteiger partial charge on any atom is 0.315 e. The summed E-state index contributed by atoms with van der Waals surface area (Å²) in [6.45, 7) is 12.3. The number of hydrogen-bond acceptors (Lipinski definition) is 7. The second-order valence-electron chi connectivity index (χ2n) is 14.2. The highest BCUT2D eigenvalue weighted by molar-refractivity contribution is 7.89. The summed E-state index contributed by atoms with van der Waals surface area (Å²) in [7, 11) is -3.37. The molecule has 3 rings (SSSR count). The van der Waals surface area contributed by atoms with E-state index in [1.165, 1.54) is 15.3 Å². The minimum absolute atomic E-state index is 0.0922. The molecule has 1 unspecified atom stereocenters. The van der Waals surface area contributed by atoms with Gasteiger partial charge in [0.2, 0.25) is 27.6 Å². The van der Waals surface area contributed by atoms with Crippen molar-refractivity contribution >= 4 is 39.6 Å². The molecular weight excluding hydrogens is 624 g/mol. The Kier molecular flexibility index (Phi) is 14.2. The average Bonchev–Trinajstić information content (AvgIpc) is 3.65. The monoisotopic (exact) mass is 680 g/mol. The number of carbonyl (C=O) groups is 5. The zero-order valence-corrected chi connectivity index (χ0v) is 29.5. The van der Waals surface area contributed by atoms with Crippen LogP contribution in [0, 0.1) is 11.3 Å². The molecule has 2 aliphatic heterocycles. The fraction of sp³-hybridized carbons (Fsp3) is 0.788. The van der Waals surface area contributed by atoms with Gasteiger partial charge in [0.1, 0.15) is 12.1 Å². The van der Waals surface area contributed by atoms with Crippen LogP contribution in [0.25, 0.3) is 0 Å². The van der Waals surface area contributed by atoms with Crippen molar-refractivity contribution < 1.29 is 32.4 Å². The highest BCUT2D eigenvalue weighted by atomic mass is 32.2. The molecule has 0 aromatic rings.